The van der Waals surface area contributed by atoms with Crippen molar-refractivity contribution in [1.29, 1.82) is 0 Å². The molecule has 0 heterocycles. The zero-order chi connectivity index (χ0) is 13.7. The van der Waals surface area contributed by atoms with E-state index in [9.17, 15) is 4.79 Å². The number of ether oxygens (including phenoxy) is 1. The predicted octanol–water partition coefficient (Wildman–Crippen LogP) is 4.51. The molecule has 0 aliphatic heterocycles. The molecular formula is C16H15ClO2. The fourth-order valence-electron chi connectivity index (χ4n) is 1.76. The number of hydrogen-bond donors (Lipinski definition) is 0. The molecule has 0 radical (unpaired) electrons. The quantitative estimate of drug-likeness (QED) is 0.606. The number of halogens is 1. The van der Waals surface area contributed by atoms with Crippen molar-refractivity contribution in [1.82, 2.24) is 0 Å². The van der Waals surface area contributed by atoms with Crippen LogP contribution in [0.2, 0.25) is 5.02 Å². The molecule has 0 aliphatic rings. The van der Waals surface area contributed by atoms with Gasteiger partial charge in [0, 0.05) is 5.02 Å². The first-order valence-corrected chi connectivity index (χ1v) is 6.63. The minimum absolute atomic E-state index is 0.375. The summed E-state index contributed by atoms with van der Waals surface area (Å²) in [4.78, 5) is 11.9. The van der Waals surface area contributed by atoms with Crippen molar-refractivity contribution in [3.8, 4) is 5.75 Å². The molecular weight excluding hydrogens is 260 g/mol. The van der Waals surface area contributed by atoms with Gasteiger partial charge >= 0.3 is 5.97 Å². The van der Waals surface area contributed by atoms with Gasteiger partial charge in [0.2, 0.25) is 0 Å². The van der Waals surface area contributed by atoms with Crippen LogP contribution in [0.4, 0.5) is 0 Å². The van der Waals surface area contributed by atoms with E-state index >= 15 is 0 Å². The standard InChI is InChI=1S/C16H15ClO2/c1-2-3-12-4-10-15(11-5-12)19-16(18)13-6-8-14(17)9-7-13/h4-11H,2-3H2,1H3. The molecule has 0 atom stereocenters. The zero-order valence-corrected chi connectivity index (χ0v) is 11.5. The van der Waals surface area contributed by atoms with E-state index in [0.29, 0.717) is 16.3 Å². The van der Waals surface area contributed by atoms with Crippen LogP contribution in [0.25, 0.3) is 0 Å². The third kappa shape index (κ3) is 3.83. The van der Waals surface area contributed by atoms with Crippen LogP contribution < -0.4 is 4.74 Å². The molecule has 0 spiro atoms. The van der Waals surface area contributed by atoms with Gasteiger partial charge in [0.1, 0.15) is 5.75 Å². The Labute approximate surface area is 118 Å². The van der Waals surface area contributed by atoms with E-state index in [1.807, 2.05) is 24.3 Å². The maximum atomic E-state index is 11.9. The molecule has 0 saturated carbocycles. The van der Waals surface area contributed by atoms with Gasteiger partial charge in [-0.2, -0.15) is 0 Å². The molecule has 98 valence electrons. The first-order chi connectivity index (χ1) is 9.19. The Hall–Kier alpha value is -1.80. The lowest BCUT2D eigenvalue weighted by molar-refractivity contribution is 0.0735. The van der Waals surface area contributed by atoms with Crippen molar-refractivity contribution in [3.05, 3.63) is 64.7 Å². The second kappa shape index (κ2) is 6.39. The average molecular weight is 275 g/mol. The van der Waals surface area contributed by atoms with Gasteiger partial charge in [0.05, 0.1) is 5.56 Å². The molecule has 2 aromatic rings. The smallest absolute Gasteiger partial charge is 0.343 e. The van der Waals surface area contributed by atoms with Crippen molar-refractivity contribution < 1.29 is 9.53 Å². The van der Waals surface area contributed by atoms with Crippen LogP contribution in [-0.2, 0) is 6.42 Å². The molecule has 0 aromatic heterocycles. The van der Waals surface area contributed by atoms with Crippen LogP contribution in [0.1, 0.15) is 29.3 Å². The Balaban J connectivity index is 2.04. The fourth-order valence-corrected chi connectivity index (χ4v) is 1.89. The van der Waals surface area contributed by atoms with E-state index in [1.165, 1.54) is 5.56 Å². The van der Waals surface area contributed by atoms with E-state index in [2.05, 4.69) is 6.92 Å². The molecule has 0 bridgehead atoms. The SMILES string of the molecule is CCCc1ccc(OC(=O)c2ccc(Cl)cc2)cc1. The maximum absolute atomic E-state index is 11.9. The highest BCUT2D eigenvalue weighted by molar-refractivity contribution is 6.30. The third-order valence-corrected chi connectivity index (χ3v) is 3.00. The van der Waals surface area contributed by atoms with Gasteiger partial charge in [-0.3, -0.25) is 0 Å². The van der Waals surface area contributed by atoms with E-state index in [-0.39, 0.29) is 5.97 Å². The topological polar surface area (TPSA) is 26.3 Å². The summed E-state index contributed by atoms with van der Waals surface area (Å²) in [5, 5.41) is 0.598. The molecule has 0 fully saturated rings. The number of rotatable bonds is 4. The Morgan fingerprint density at radius 3 is 2.26 bits per heavy atom. The molecule has 0 aliphatic carbocycles. The lowest BCUT2D eigenvalue weighted by Gasteiger charge is -2.05. The van der Waals surface area contributed by atoms with E-state index < -0.39 is 0 Å². The number of esters is 1. The van der Waals surface area contributed by atoms with Crippen LogP contribution in [0, 0.1) is 0 Å². The van der Waals surface area contributed by atoms with Crippen LogP contribution >= 0.6 is 11.6 Å². The normalized spacial score (nSPS) is 10.2. The number of carbonyl (C=O) groups is 1. The molecule has 2 aromatic carbocycles. The molecule has 2 rings (SSSR count). The van der Waals surface area contributed by atoms with Crippen molar-refractivity contribution >= 4 is 17.6 Å². The summed E-state index contributed by atoms with van der Waals surface area (Å²) in [6.07, 6.45) is 2.13. The van der Waals surface area contributed by atoms with Gasteiger partial charge in [0.15, 0.2) is 0 Å². The van der Waals surface area contributed by atoms with Crippen molar-refractivity contribution in [2.24, 2.45) is 0 Å². The molecule has 0 N–H and O–H groups in total. The van der Waals surface area contributed by atoms with Crippen molar-refractivity contribution in [3.63, 3.8) is 0 Å². The molecule has 0 unspecified atom stereocenters. The Bertz CT molecular complexity index is 544. The first kappa shape index (κ1) is 13.6. The zero-order valence-electron chi connectivity index (χ0n) is 10.7. The van der Waals surface area contributed by atoms with Crippen LogP contribution in [0.3, 0.4) is 0 Å². The lowest BCUT2D eigenvalue weighted by atomic mass is 10.1. The highest BCUT2D eigenvalue weighted by Gasteiger charge is 2.08. The van der Waals surface area contributed by atoms with Gasteiger partial charge < -0.3 is 4.74 Å². The summed E-state index contributed by atoms with van der Waals surface area (Å²) in [7, 11) is 0. The molecule has 2 nitrogen and oxygen atoms in total. The van der Waals surface area contributed by atoms with E-state index in [1.54, 1.807) is 24.3 Å². The van der Waals surface area contributed by atoms with Crippen LogP contribution in [0.5, 0.6) is 5.75 Å². The molecule has 0 amide bonds. The average Bonchev–Trinajstić information content (AvgIpc) is 2.42. The third-order valence-electron chi connectivity index (χ3n) is 2.75. The monoisotopic (exact) mass is 274 g/mol. The summed E-state index contributed by atoms with van der Waals surface area (Å²) >= 11 is 5.77. The second-order valence-corrected chi connectivity index (χ2v) is 4.73. The Kier molecular flexibility index (Phi) is 4.58. The van der Waals surface area contributed by atoms with Gasteiger partial charge in [-0.15, -0.1) is 0 Å². The number of carbonyl (C=O) groups excluding carboxylic acids is 1. The van der Waals surface area contributed by atoms with Crippen LogP contribution in [-0.4, -0.2) is 5.97 Å². The summed E-state index contributed by atoms with van der Waals surface area (Å²) in [6.45, 7) is 2.13. The molecule has 19 heavy (non-hydrogen) atoms. The molecule has 3 heteroatoms. The second-order valence-electron chi connectivity index (χ2n) is 4.29. The lowest BCUT2D eigenvalue weighted by Crippen LogP contribution is -2.08. The van der Waals surface area contributed by atoms with Crippen molar-refractivity contribution in [2.45, 2.75) is 19.8 Å². The predicted molar refractivity (Wildman–Crippen MR) is 76.8 cm³/mol. The maximum Gasteiger partial charge on any atom is 0.343 e. The van der Waals surface area contributed by atoms with Crippen molar-refractivity contribution in [2.75, 3.05) is 0 Å². The minimum Gasteiger partial charge on any atom is -0.423 e. The highest BCUT2D eigenvalue weighted by Crippen LogP contribution is 2.16. The largest absolute Gasteiger partial charge is 0.423 e. The number of aryl methyl sites for hydroxylation is 1. The van der Waals surface area contributed by atoms with Gasteiger partial charge in [0.25, 0.3) is 0 Å². The van der Waals surface area contributed by atoms with Crippen LogP contribution in [0.15, 0.2) is 48.5 Å². The summed E-state index contributed by atoms with van der Waals surface area (Å²) in [5.74, 6) is 0.180. The van der Waals surface area contributed by atoms with E-state index in [4.69, 9.17) is 16.3 Å². The minimum atomic E-state index is -0.375. The summed E-state index contributed by atoms with van der Waals surface area (Å²) in [6, 6.07) is 14.2. The summed E-state index contributed by atoms with van der Waals surface area (Å²) < 4.78 is 5.29. The first-order valence-electron chi connectivity index (χ1n) is 6.25. The fraction of sp³-hybridized carbons (Fsp3) is 0.188. The van der Waals surface area contributed by atoms with Gasteiger partial charge in [-0.25, -0.2) is 4.79 Å². The number of hydrogen-bond acceptors (Lipinski definition) is 2. The number of benzene rings is 2. The Morgan fingerprint density at radius 2 is 1.68 bits per heavy atom. The van der Waals surface area contributed by atoms with Gasteiger partial charge in [-0.05, 0) is 48.4 Å². The highest BCUT2D eigenvalue weighted by atomic mass is 35.5. The summed E-state index contributed by atoms with van der Waals surface area (Å²) in [5.41, 5.74) is 1.73. The molecule has 0 saturated heterocycles. The van der Waals surface area contributed by atoms with Gasteiger partial charge in [-0.1, -0.05) is 37.1 Å². The van der Waals surface area contributed by atoms with E-state index in [0.717, 1.165) is 12.8 Å². The Morgan fingerprint density at radius 1 is 1.05 bits per heavy atom.